The molecule has 1 heterocycles. The Balaban J connectivity index is 1.53. The number of aryl methyl sites for hydroxylation is 1. The molecule has 0 atom stereocenters. The van der Waals surface area contributed by atoms with Crippen molar-refractivity contribution in [3.8, 4) is 17.2 Å². The highest BCUT2D eigenvalue weighted by Gasteiger charge is 2.24. The molecule has 1 N–H and O–H groups in total. The van der Waals surface area contributed by atoms with Crippen LogP contribution in [0.2, 0.25) is 0 Å². The topological polar surface area (TPSA) is 69.2 Å². The molecule has 3 aromatic rings. The zero-order valence-electron chi connectivity index (χ0n) is 19.6. The van der Waals surface area contributed by atoms with Gasteiger partial charge in [0, 0.05) is 4.47 Å². The normalized spacial score (nSPS) is 15.4. The summed E-state index contributed by atoms with van der Waals surface area (Å²) in [4.78, 5) is 17.6. The van der Waals surface area contributed by atoms with Crippen molar-refractivity contribution in [2.75, 3.05) is 13.7 Å². The molecular formula is C27H25BrN2O4S. The largest absolute Gasteiger partial charge is 0.497 e. The lowest BCUT2D eigenvalue weighted by molar-refractivity contribution is -0.115. The molecule has 1 saturated heterocycles. The molecular weight excluding hydrogens is 528 g/mol. The van der Waals surface area contributed by atoms with Crippen LogP contribution in [0.15, 0.2) is 75.0 Å². The lowest BCUT2D eigenvalue weighted by Gasteiger charge is -2.14. The summed E-state index contributed by atoms with van der Waals surface area (Å²) in [6.45, 7) is 4.90. The van der Waals surface area contributed by atoms with Crippen LogP contribution >= 0.6 is 27.7 Å². The Hall–Kier alpha value is -3.23. The summed E-state index contributed by atoms with van der Waals surface area (Å²) < 4.78 is 17.9. The van der Waals surface area contributed by atoms with Gasteiger partial charge in [-0.3, -0.25) is 4.79 Å². The van der Waals surface area contributed by atoms with E-state index < -0.39 is 0 Å². The Kier molecular flexibility index (Phi) is 8.15. The van der Waals surface area contributed by atoms with Crippen LogP contribution in [0.25, 0.3) is 6.08 Å². The number of methoxy groups -OCH3 is 1. The third-order valence-corrected chi connectivity index (χ3v) is 6.71. The van der Waals surface area contributed by atoms with Gasteiger partial charge in [0.25, 0.3) is 5.91 Å². The number of nitrogens with zero attached hydrogens (tertiary/aromatic N) is 1. The second-order valence-corrected chi connectivity index (χ2v) is 9.59. The minimum absolute atomic E-state index is 0.202. The number of nitrogens with one attached hydrogen (secondary N) is 1. The number of ether oxygens (including phenoxy) is 3. The maximum Gasteiger partial charge on any atom is 0.264 e. The first kappa shape index (κ1) is 24.9. The van der Waals surface area contributed by atoms with Crippen molar-refractivity contribution in [1.29, 1.82) is 0 Å². The Bertz CT molecular complexity index is 1270. The zero-order chi connectivity index (χ0) is 24.8. The quantitative estimate of drug-likeness (QED) is 0.317. The smallest absolute Gasteiger partial charge is 0.264 e. The first-order chi connectivity index (χ1) is 16.9. The number of halogens is 1. The summed E-state index contributed by atoms with van der Waals surface area (Å²) >= 11 is 4.90. The number of carbonyl (C=O) groups is 1. The highest BCUT2D eigenvalue weighted by Crippen LogP contribution is 2.37. The zero-order valence-corrected chi connectivity index (χ0v) is 22.0. The van der Waals surface area contributed by atoms with Crippen LogP contribution in [0.3, 0.4) is 0 Å². The lowest BCUT2D eigenvalue weighted by Crippen LogP contribution is -2.19. The molecule has 0 aliphatic carbocycles. The average molecular weight is 553 g/mol. The molecule has 3 aromatic carbocycles. The number of rotatable bonds is 8. The minimum atomic E-state index is -0.202. The monoisotopic (exact) mass is 552 g/mol. The number of thioether (sulfide) groups is 1. The molecule has 1 aliphatic rings. The van der Waals surface area contributed by atoms with E-state index in [4.69, 9.17) is 14.2 Å². The van der Waals surface area contributed by atoms with Gasteiger partial charge in [-0.05, 0) is 79.2 Å². The number of aliphatic imine (C=N–C) groups is 1. The molecule has 1 fully saturated rings. The van der Waals surface area contributed by atoms with Crippen LogP contribution < -0.4 is 19.5 Å². The first-order valence-corrected chi connectivity index (χ1v) is 12.6. The molecule has 1 aliphatic heterocycles. The van der Waals surface area contributed by atoms with Crippen LogP contribution in [0.4, 0.5) is 5.69 Å². The second kappa shape index (κ2) is 11.5. The summed E-state index contributed by atoms with van der Waals surface area (Å²) in [5.41, 5.74) is 3.81. The number of benzene rings is 3. The molecule has 180 valence electrons. The maximum atomic E-state index is 12.6. The molecule has 0 saturated carbocycles. The van der Waals surface area contributed by atoms with Crippen LogP contribution in [0, 0.1) is 6.92 Å². The fraction of sp³-hybridized carbons (Fsp3) is 0.185. The summed E-state index contributed by atoms with van der Waals surface area (Å²) in [6.07, 6.45) is 1.81. The highest BCUT2D eigenvalue weighted by molar-refractivity contribution is 9.10. The predicted octanol–water partition coefficient (Wildman–Crippen LogP) is 6.64. The van der Waals surface area contributed by atoms with Crippen LogP contribution in [0.1, 0.15) is 23.6 Å². The predicted molar refractivity (Wildman–Crippen MR) is 145 cm³/mol. The molecule has 4 rings (SSSR count). The van der Waals surface area contributed by atoms with Crippen molar-refractivity contribution in [1.82, 2.24) is 5.32 Å². The van der Waals surface area contributed by atoms with Gasteiger partial charge in [0.05, 0.1) is 24.3 Å². The Morgan fingerprint density at radius 3 is 2.43 bits per heavy atom. The van der Waals surface area contributed by atoms with Crippen molar-refractivity contribution in [3.05, 3.63) is 86.7 Å². The molecule has 0 spiro atoms. The van der Waals surface area contributed by atoms with E-state index in [0.29, 0.717) is 34.8 Å². The molecule has 1 amide bonds. The molecule has 35 heavy (non-hydrogen) atoms. The first-order valence-electron chi connectivity index (χ1n) is 11.0. The summed E-state index contributed by atoms with van der Waals surface area (Å²) in [5, 5.41) is 3.34. The van der Waals surface area contributed by atoms with Gasteiger partial charge in [-0.15, -0.1) is 0 Å². The van der Waals surface area contributed by atoms with Gasteiger partial charge in [0.2, 0.25) is 0 Å². The van der Waals surface area contributed by atoms with E-state index in [-0.39, 0.29) is 5.91 Å². The van der Waals surface area contributed by atoms with Crippen LogP contribution in [0.5, 0.6) is 17.2 Å². The Labute approximate surface area is 217 Å². The number of amides is 1. The van der Waals surface area contributed by atoms with Gasteiger partial charge >= 0.3 is 0 Å². The summed E-state index contributed by atoms with van der Waals surface area (Å²) in [7, 11) is 1.61. The van der Waals surface area contributed by atoms with Gasteiger partial charge in [0.1, 0.15) is 12.4 Å². The van der Waals surface area contributed by atoms with Crippen molar-refractivity contribution in [2.45, 2.75) is 20.5 Å². The van der Waals surface area contributed by atoms with Crippen molar-refractivity contribution in [3.63, 3.8) is 0 Å². The van der Waals surface area contributed by atoms with Gasteiger partial charge in [0.15, 0.2) is 16.7 Å². The van der Waals surface area contributed by atoms with Crippen LogP contribution in [-0.2, 0) is 11.4 Å². The summed E-state index contributed by atoms with van der Waals surface area (Å²) in [5.74, 6) is 1.79. The number of carbonyl (C=O) groups excluding carboxylic acids is 1. The molecule has 8 heteroatoms. The molecule has 0 unspecified atom stereocenters. The van der Waals surface area contributed by atoms with E-state index in [1.54, 1.807) is 7.11 Å². The van der Waals surface area contributed by atoms with Gasteiger partial charge in [-0.1, -0.05) is 45.8 Å². The highest BCUT2D eigenvalue weighted by atomic mass is 79.9. The molecule has 0 bridgehead atoms. The minimum Gasteiger partial charge on any atom is -0.497 e. The Morgan fingerprint density at radius 1 is 1.03 bits per heavy atom. The van der Waals surface area contributed by atoms with E-state index >= 15 is 0 Å². The van der Waals surface area contributed by atoms with E-state index in [1.807, 2.05) is 61.5 Å². The van der Waals surface area contributed by atoms with E-state index in [9.17, 15) is 4.79 Å². The Morgan fingerprint density at radius 2 is 1.74 bits per heavy atom. The third kappa shape index (κ3) is 6.46. The van der Waals surface area contributed by atoms with Crippen molar-refractivity contribution >= 4 is 50.5 Å². The number of amidine groups is 1. The number of hydrogen-bond acceptors (Lipinski definition) is 6. The number of hydrogen-bond donors (Lipinski definition) is 1. The summed E-state index contributed by atoms with van der Waals surface area (Å²) in [6, 6.07) is 19.3. The van der Waals surface area contributed by atoms with Gasteiger partial charge < -0.3 is 19.5 Å². The van der Waals surface area contributed by atoms with Crippen LogP contribution in [-0.4, -0.2) is 24.8 Å². The SMILES string of the molecule is CCOc1cc(/C=C2/SC(=Nc3ccc(OC)cc3)NC2=O)c(Br)cc1OCc1ccc(C)cc1. The van der Waals surface area contributed by atoms with Crippen molar-refractivity contribution < 1.29 is 19.0 Å². The molecule has 0 radical (unpaired) electrons. The fourth-order valence-electron chi connectivity index (χ4n) is 3.28. The standard InChI is InChI=1S/C27H25BrN2O4S/c1-4-33-23-13-19(22(28)15-24(23)34-16-18-7-5-17(2)6-8-18)14-25-26(31)30-27(35-25)29-20-9-11-21(32-3)12-10-20/h5-15H,4,16H2,1-3H3,(H,29,30,31)/b25-14+. The van der Waals surface area contributed by atoms with E-state index in [2.05, 4.69) is 45.3 Å². The average Bonchev–Trinajstić information content (AvgIpc) is 3.20. The van der Waals surface area contributed by atoms with E-state index in [0.717, 1.165) is 27.0 Å². The van der Waals surface area contributed by atoms with E-state index in [1.165, 1.54) is 17.3 Å². The van der Waals surface area contributed by atoms with Gasteiger partial charge in [-0.25, -0.2) is 4.99 Å². The third-order valence-electron chi connectivity index (χ3n) is 5.12. The fourth-order valence-corrected chi connectivity index (χ4v) is 4.55. The lowest BCUT2D eigenvalue weighted by atomic mass is 10.1. The van der Waals surface area contributed by atoms with Crippen molar-refractivity contribution in [2.24, 2.45) is 4.99 Å². The maximum absolute atomic E-state index is 12.6. The second-order valence-electron chi connectivity index (χ2n) is 7.71. The molecule has 0 aromatic heterocycles. The molecule has 6 nitrogen and oxygen atoms in total. The van der Waals surface area contributed by atoms with Gasteiger partial charge in [-0.2, -0.15) is 0 Å².